The van der Waals surface area contributed by atoms with Crippen molar-refractivity contribution in [2.75, 3.05) is 30.1 Å². The molecule has 8 heteroatoms. The van der Waals surface area contributed by atoms with Gasteiger partial charge < -0.3 is 14.7 Å². The molecule has 0 saturated heterocycles. The molecule has 0 amide bonds. The summed E-state index contributed by atoms with van der Waals surface area (Å²) in [4.78, 5) is 14.1. The highest BCUT2D eigenvalue weighted by Crippen LogP contribution is 2.47. The number of thioether (sulfide) groups is 1. The maximum atomic E-state index is 14.1. The molecule has 0 saturated carbocycles. The molecule has 0 radical (unpaired) electrons. The molecule has 6 nitrogen and oxygen atoms in total. The van der Waals surface area contributed by atoms with Crippen molar-refractivity contribution in [3.8, 4) is 5.75 Å². The van der Waals surface area contributed by atoms with E-state index >= 15 is 0 Å². The number of carbonyl (C=O) groups is 1. The lowest BCUT2D eigenvalue weighted by atomic mass is 9.77. The first-order valence-electron chi connectivity index (χ1n) is 12.0. The Morgan fingerprint density at radius 1 is 1.08 bits per heavy atom. The molecule has 0 fully saturated rings. The second-order valence-electron chi connectivity index (χ2n) is 9.08. The van der Waals surface area contributed by atoms with Crippen LogP contribution in [-0.4, -0.2) is 44.7 Å². The van der Waals surface area contributed by atoms with E-state index in [1.54, 1.807) is 0 Å². The summed E-state index contributed by atoms with van der Waals surface area (Å²) in [6.07, 6.45) is 4.44. The largest absolute Gasteiger partial charge is 0.481 e. The van der Waals surface area contributed by atoms with Gasteiger partial charge in [0, 0.05) is 23.7 Å². The van der Waals surface area contributed by atoms with Gasteiger partial charge in [-0.05, 0) is 36.4 Å². The first-order valence-corrected chi connectivity index (χ1v) is 14.8. The van der Waals surface area contributed by atoms with Crippen molar-refractivity contribution in [3.05, 3.63) is 78.4 Å². The molecular formula is C28H31NO5S2. The number of carboxylic acids is 1. The van der Waals surface area contributed by atoms with Crippen molar-refractivity contribution < 1.29 is 23.1 Å². The van der Waals surface area contributed by atoms with Gasteiger partial charge in [0.05, 0.1) is 21.2 Å². The number of anilines is 2. The second-order valence-corrected chi connectivity index (χ2v) is 11.9. The van der Waals surface area contributed by atoms with E-state index in [2.05, 4.69) is 11.8 Å². The third-order valence-electron chi connectivity index (χ3n) is 6.61. The van der Waals surface area contributed by atoms with Gasteiger partial charge in [-0.25, -0.2) is 13.2 Å². The maximum Gasteiger partial charge on any atom is 0.341 e. The molecule has 3 aromatic carbocycles. The molecule has 1 N–H and O–H groups in total. The van der Waals surface area contributed by atoms with Crippen molar-refractivity contribution in [2.24, 2.45) is 0 Å². The summed E-state index contributed by atoms with van der Waals surface area (Å²) >= 11 is 1.39. The van der Waals surface area contributed by atoms with Crippen molar-refractivity contribution >= 4 is 38.9 Å². The van der Waals surface area contributed by atoms with Gasteiger partial charge in [-0.3, -0.25) is 0 Å². The van der Waals surface area contributed by atoms with Crippen LogP contribution in [0.2, 0.25) is 0 Å². The predicted molar refractivity (Wildman–Crippen MR) is 144 cm³/mol. The van der Waals surface area contributed by atoms with Crippen LogP contribution in [0, 0.1) is 0 Å². The Labute approximate surface area is 217 Å². The molecule has 0 aliphatic carbocycles. The lowest BCUT2D eigenvalue weighted by molar-refractivity contribution is -0.139. The number of nitrogens with zero attached hydrogens (tertiary/aromatic N) is 1. The van der Waals surface area contributed by atoms with Gasteiger partial charge >= 0.3 is 5.97 Å². The fraction of sp³-hybridized carbons (Fsp3) is 0.321. The molecule has 4 rings (SSSR count). The Balaban J connectivity index is 1.97. The molecule has 1 unspecified atom stereocenters. The summed E-state index contributed by atoms with van der Waals surface area (Å²) in [5, 5.41) is 9.13. The average molecular weight is 526 g/mol. The van der Waals surface area contributed by atoms with E-state index < -0.39 is 27.8 Å². The standard InChI is InChI=1S/C28H31NO5S2/c1-3-4-15-28(21-11-7-5-8-12-21)19-29(22-13-9-6-10-14-22)23-16-25(35-2)24(34-18-27(30)31)17-26(23)36(32,33)20-28/h5-14,16-17H,3-4,15,18-20H2,1-2H3,(H,30,31). The van der Waals surface area contributed by atoms with Crippen LogP contribution in [0.15, 0.2) is 82.6 Å². The van der Waals surface area contributed by atoms with Crippen LogP contribution in [-0.2, 0) is 20.0 Å². The van der Waals surface area contributed by atoms with Gasteiger partial charge in [0.25, 0.3) is 0 Å². The van der Waals surface area contributed by atoms with Gasteiger partial charge in [-0.15, -0.1) is 11.8 Å². The molecule has 1 aliphatic heterocycles. The van der Waals surface area contributed by atoms with Crippen LogP contribution >= 0.6 is 11.8 Å². The van der Waals surface area contributed by atoms with Crippen molar-refractivity contribution in [1.82, 2.24) is 0 Å². The van der Waals surface area contributed by atoms with Gasteiger partial charge in [-0.1, -0.05) is 68.3 Å². The fourth-order valence-corrected chi connectivity index (χ4v) is 7.50. The van der Waals surface area contributed by atoms with Gasteiger partial charge in [-0.2, -0.15) is 0 Å². The van der Waals surface area contributed by atoms with Crippen molar-refractivity contribution in [2.45, 2.75) is 41.4 Å². The quantitative estimate of drug-likeness (QED) is 0.347. The van der Waals surface area contributed by atoms with E-state index in [1.165, 1.54) is 17.8 Å². The van der Waals surface area contributed by atoms with Crippen LogP contribution in [0.4, 0.5) is 11.4 Å². The zero-order chi connectivity index (χ0) is 25.8. The normalized spacial score (nSPS) is 18.8. The number of aliphatic carboxylic acids is 1. The van der Waals surface area contributed by atoms with Crippen molar-refractivity contribution in [1.29, 1.82) is 0 Å². The van der Waals surface area contributed by atoms with Crippen LogP contribution in [0.1, 0.15) is 31.7 Å². The Bertz CT molecular complexity index is 1310. The highest BCUT2D eigenvalue weighted by molar-refractivity contribution is 7.98. The van der Waals surface area contributed by atoms with Crippen LogP contribution in [0.25, 0.3) is 0 Å². The van der Waals surface area contributed by atoms with E-state index in [0.717, 1.165) is 30.5 Å². The summed E-state index contributed by atoms with van der Waals surface area (Å²) in [5.74, 6) is -0.897. The summed E-state index contributed by atoms with van der Waals surface area (Å²) in [7, 11) is -3.77. The fourth-order valence-electron chi connectivity index (χ4n) is 4.89. The second kappa shape index (κ2) is 11.0. The van der Waals surface area contributed by atoms with E-state index in [4.69, 9.17) is 9.84 Å². The predicted octanol–water partition coefficient (Wildman–Crippen LogP) is 5.93. The number of hydrogen-bond donors (Lipinski definition) is 1. The van der Waals surface area contributed by atoms with Crippen LogP contribution < -0.4 is 9.64 Å². The van der Waals surface area contributed by atoms with Crippen molar-refractivity contribution in [3.63, 3.8) is 0 Å². The Morgan fingerprint density at radius 2 is 1.75 bits per heavy atom. The molecule has 0 aromatic heterocycles. The number of sulfone groups is 1. The Morgan fingerprint density at radius 3 is 2.36 bits per heavy atom. The van der Waals surface area contributed by atoms with E-state index in [0.29, 0.717) is 17.1 Å². The molecule has 3 aromatic rings. The number of para-hydroxylation sites is 1. The third-order valence-corrected chi connectivity index (χ3v) is 9.30. The van der Waals surface area contributed by atoms with Gasteiger partial charge in [0.15, 0.2) is 16.4 Å². The molecule has 190 valence electrons. The molecule has 36 heavy (non-hydrogen) atoms. The van der Waals surface area contributed by atoms with E-state index in [-0.39, 0.29) is 16.4 Å². The minimum absolute atomic E-state index is 0.0443. The monoisotopic (exact) mass is 525 g/mol. The summed E-state index contributed by atoms with van der Waals surface area (Å²) < 4.78 is 33.7. The summed E-state index contributed by atoms with van der Waals surface area (Å²) in [6.45, 7) is 2.07. The Kier molecular flexibility index (Phi) is 7.95. The first kappa shape index (κ1) is 26.1. The van der Waals surface area contributed by atoms with E-state index in [1.807, 2.05) is 73.0 Å². The molecular weight excluding hydrogens is 494 g/mol. The SMILES string of the molecule is CCCCC1(c2ccccc2)CN(c2ccccc2)c2cc(SC)c(OCC(=O)O)cc2S(=O)(=O)C1. The lowest BCUT2D eigenvalue weighted by Gasteiger charge is -2.37. The topological polar surface area (TPSA) is 83.9 Å². The smallest absolute Gasteiger partial charge is 0.341 e. The zero-order valence-corrected chi connectivity index (χ0v) is 22.1. The number of benzene rings is 3. The molecule has 0 spiro atoms. The minimum Gasteiger partial charge on any atom is -0.481 e. The number of fused-ring (bicyclic) bond motifs is 1. The summed E-state index contributed by atoms with van der Waals surface area (Å²) in [5.41, 5.74) is 1.86. The van der Waals surface area contributed by atoms with Gasteiger partial charge in [0.1, 0.15) is 5.75 Å². The highest BCUT2D eigenvalue weighted by Gasteiger charge is 2.44. The molecule has 0 bridgehead atoms. The van der Waals surface area contributed by atoms with Gasteiger partial charge in [0.2, 0.25) is 0 Å². The number of carboxylic acid groups (broad SMARTS) is 1. The minimum atomic E-state index is -3.77. The summed E-state index contributed by atoms with van der Waals surface area (Å²) in [6, 6.07) is 23.1. The first-order chi connectivity index (χ1) is 17.3. The molecule has 1 aliphatic rings. The Hall–Kier alpha value is -2.97. The molecule has 1 atom stereocenters. The number of hydrogen-bond acceptors (Lipinski definition) is 6. The number of unbranched alkanes of at least 4 members (excludes halogenated alkanes) is 1. The average Bonchev–Trinajstić information content (AvgIpc) is 2.98. The van der Waals surface area contributed by atoms with Crippen LogP contribution in [0.3, 0.4) is 0 Å². The number of rotatable bonds is 9. The number of ether oxygens (including phenoxy) is 1. The third kappa shape index (κ3) is 5.39. The highest BCUT2D eigenvalue weighted by atomic mass is 32.2. The maximum absolute atomic E-state index is 14.1. The zero-order valence-electron chi connectivity index (χ0n) is 20.5. The van der Waals surface area contributed by atoms with E-state index in [9.17, 15) is 13.2 Å². The molecule has 1 heterocycles. The van der Waals surface area contributed by atoms with Crippen LogP contribution in [0.5, 0.6) is 5.75 Å². The lowest BCUT2D eigenvalue weighted by Crippen LogP contribution is -2.42.